The van der Waals surface area contributed by atoms with E-state index in [1.54, 1.807) is 37.4 Å². The van der Waals surface area contributed by atoms with Gasteiger partial charge in [-0.2, -0.15) is 0 Å². The minimum absolute atomic E-state index is 0.000123. The molecule has 196 valence electrons. The Morgan fingerprint density at radius 2 is 1.28 bits per heavy atom. The Bertz CT molecular complexity index is 1590. The van der Waals surface area contributed by atoms with Crippen LogP contribution in [0.1, 0.15) is 48.4 Å². The molecule has 0 unspecified atom stereocenters. The molecule has 0 heterocycles. The number of anilines is 1. The van der Waals surface area contributed by atoms with Crippen molar-refractivity contribution in [3.05, 3.63) is 112 Å². The molecule has 0 saturated heterocycles. The maximum Gasteiger partial charge on any atom is 0.336 e. The number of ether oxygens (including phenoxy) is 1. The number of carboxylic acids is 2. The highest BCUT2D eigenvalue weighted by atomic mass is 16.5. The van der Waals surface area contributed by atoms with Gasteiger partial charge in [0.05, 0.1) is 17.0 Å². The number of carbonyl (C=O) groups excluding carboxylic acids is 2. The number of carboxylic acid groups (broad SMARTS) is 2. The molecule has 0 atom stereocenters. The van der Waals surface area contributed by atoms with Crippen molar-refractivity contribution in [2.75, 3.05) is 12.4 Å². The van der Waals surface area contributed by atoms with Crippen LogP contribution in [0.5, 0.6) is 11.5 Å². The zero-order chi connectivity index (χ0) is 28.1. The smallest absolute Gasteiger partial charge is 0.336 e. The second kappa shape index (κ2) is 11.3. The van der Waals surface area contributed by atoms with Crippen LogP contribution in [0.4, 0.5) is 11.4 Å². The summed E-state index contributed by atoms with van der Waals surface area (Å²) in [4.78, 5) is 48.4. The predicted octanol–water partition coefficient (Wildman–Crippen LogP) is 6.63. The summed E-state index contributed by atoms with van der Waals surface area (Å²) in [5.74, 6) is -2.63. The van der Waals surface area contributed by atoms with Gasteiger partial charge in [-0.3, -0.25) is 4.79 Å². The molecule has 3 N–H and O–H groups in total. The summed E-state index contributed by atoms with van der Waals surface area (Å²) < 4.78 is 5.83. The van der Waals surface area contributed by atoms with Crippen LogP contribution >= 0.6 is 0 Å². The monoisotopic (exact) mass is 523 g/mol. The Balaban J connectivity index is 1.59. The number of aromatic carboxylic acids is 2. The van der Waals surface area contributed by atoms with Crippen LogP contribution in [0.25, 0.3) is 16.4 Å². The lowest BCUT2D eigenvalue weighted by Gasteiger charge is -2.22. The molecule has 1 amide bonds. The van der Waals surface area contributed by atoms with Crippen molar-refractivity contribution in [3.8, 4) is 22.6 Å². The van der Waals surface area contributed by atoms with Crippen molar-refractivity contribution in [2.45, 2.75) is 6.92 Å². The number of nitrogens with one attached hydrogen (secondary N) is 1. The zero-order valence-electron chi connectivity index (χ0n) is 21.0. The van der Waals surface area contributed by atoms with Gasteiger partial charge in [0.1, 0.15) is 11.5 Å². The van der Waals surface area contributed by atoms with Crippen LogP contribution in [0.15, 0.2) is 84.9 Å². The molecule has 39 heavy (non-hydrogen) atoms. The number of amides is 1. The van der Waals surface area contributed by atoms with Gasteiger partial charge in [0.25, 0.3) is 0 Å². The SMILES string of the molecule is CNc1cccc(Oc2ccc([N-]C(=O)c3cc(-c4ccc(C(=O)O)c(C(C)=O)c4)ccc3C(=O)O)cc2)c1. The van der Waals surface area contributed by atoms with Gasteiger partial charge >= 0.3 is 11.9 Å². The van der Waals surface area contributed by atoms with Gasteiger partial charge < -0.3 is 30.4 Å². The first-order chi connectivity index (χ1) is 18.7. The van der Waals surface area contributed by atoms with E-state index in [2.05, 4.69) is 10.6 Å². The molecule has 0 radical (unpaired) electrons. The van der Waals surface area contributed by atoms with Crippen molar-refractivity contribution < 1.29 is 34.1 Å². The van der Waals surface area contributed by atoms with Crippen LogP contribution in [-0.4, -0.2) is 40.9 Å². The topological polar surface area (TPSA) is 144 Å². The number of carbonyl (C=O) groups is 4. The number of hydrogen-bond donors (Lipinski definition) is 3. The van der Waals surface area contributed by atoms with Crippen molar-refractivity contribution in [1.82, 2.24) is 0 Å². The van der Waals surface area contributed by atoms with Crippen LogP contribution in [0, 0.1) is 0 Å². The normalized spacial score (nSPS) is 10.4. The first-order valence-corrected chi connectivity index (χ1v) is 11.7. The van der Waals surface area contributed by atoms with E-state index in [0.29, 0.717) is 28.3 Å². The number of ketones is 1. The van der Waals surface area contributed by atoms with Gasteiger partial charge in [-0.25, -0.2) is 9.59 Å². The molecule has 0 bridgehead atoms. The third-order valence-electron chi connectivity index (χ3n) is 5.87. The first-order valence-electron chi connectivity index (χ1n) is 11.7. The highest BCUT2D eigenvalue weighted by Gasteiger charge is 2.17. The molecule has 9 heteroatoms. The summed E-state index contributed by atoms with van der Waals surface area (Å²) in [7, 11) is 1.80. The highest BCUT2D eigenvalue weighted by molar-refractivity contribution is 6.14. The van der Waals surface area contributed by atoms with Crippen LogP contribution < -0.4 is 10.1 Å². The van der Waals surface area contributed by atoms with E-state index in [1.165, 1.54) is 43.3 Å². The van der Waals surface area contributed by atoms with E-state index in [0.717, 1.165) is 5.69 Å². The Hall–Kier alpha value is -5.44. The highest BCUT2D eigenvalue weighted by Crippen LogP contribution is 2.31. The second-order valence-corrected chi connectivity index (χ2v) is 8.48. The molecule has 4 aromatic carbocycles. The largest absolute Gasteiger partial charge is 0.623 e. The average molecular weight is 524 g/mol. The van der Waals surface area contributed by atoms with E-state index < -0.39 is 23.6 Å². The van der Waals surface area contributed by atoms with E-state index >= 15 is 0 Å². The minimum Gasteiger partial charge on any atom is -0.623 e. The summed E-state index contributed by atoms with van der Waals surface area (Å²) in [5, 5.41) is 26.1. The Labute approximate surface area is 223 Å². The van der Waals surface area contributed by atoms with Crippen LogP contribution in [0.2, 0.25) is 0 Å². The number of hydrogen-bond acceptors (Lipinski definition) is 6. The molecule has 0 spiro atoms. The second-order valence-electron chi connectivity index (χ2n) is 8.48. The molecule has 4 aromatic rings. The zero-order valence-corrected chi connectivity index (χ0v) is 21.0. The van der Waals surface area contributed by atoms with E-state index in [-0.39, 0.29) is 22.3 Å². The van der Waals surface area contributed by atoms with Gasteiger partial charge in [0.15, 0.2) is 5.78 Å². The van der Waals surface area contributed by atoms with E-state index in [9.17, 15) is 29.4 Å². The van der Waals surface area contributed by atoms with Crippen molar-refractivity contribution in [1.29, 1.82) is 0 Å². The van der Waals surface area contributed by atoms with E-state index in [1.807, 2.05) is 18.2 Å². The molecule has 0 fully saturated rings. The van der Waals surface area contributed by atoms with Crippen molar-refractivity contribution in [3.63, 3.8) is 0 Å². The van der Waals surface area contributed by atoms with Crippen molar-refractivity contribution in [2.24, 2.45) is 0 Å². The predicted molar refractivity (Wildman–Crippen MR) is 146 cm³/mol. The number of rotatable bonds is 9. The summed E-state index contributed by atoms with van der Waals surface area (Å²) >= 11 is 0. The van der Waals surface area contributed by atoms with Crippen LogP contribution in [-0.2, 0) is 0 Å². The third kappa shape index (κ3) is 6.11. The van der Waals surface area contributed by atoms with Crippen LogP contribution in [0.3, 0.4) is 0 Å². The summed E-state index contributed by atoms with van der Waals surface area (Å²) in [6.45, 7) is 1.25. The lowest BCUT2D eigenvalue weighted by Crippen LogP contribution is -2.08. The first kappa shape index (κ1) is 26.6. The lowest BCUT2D eigenvalue weighted by molar-refractivity contribution is 0.0683. The Morgan fingerprint density at radius 3 is 1.85 bits per heavy atom. The van der Waals surface area contributed by atoms with E-state index in [4.69, 9.17) is 4.74 Å². The number of Topliss-reactive ketones (excluding diaryl/α,β-unsaturated/α-hetero) is 1. The molecule has 4 rings (SSSR count). The summed E-state index contributed by atoms with van der Waals surface area (Å²) in [6, 6.07) is 22.1. The summed E-state index contributed by atoms with van der Waals surface area (Å²) in [6.07, 6.45) is 0. The van der Waals surface area contributed by atoms with Crippen molar-refractivity contribution >= 4 is 35.0 Å². The van der Waals surface area contributed by atoms with Gasteiger partial charge in [-0.15, -0.1) is 5.69 Å². The average Bonchev–Trinajstić information content (AvgIpc) is 2.93. The maximum absolute atomic E-state index is 13.1. The fraction of sp³-hybridized carbons (Fsp3) is 0.0667. The molecular formula is C30H23N2O7-. The fourth-order valence-electron chi connectivity index (χ4n) is 3.91. The summed E-state index contributed by atoms with van der Waals surface area (Å²) in [5.41, 5.74) is 1.49. The third-order valence-corrected chi connectivity index (χ3v) is 5.87. The molecule has 0 aliphatic heterocycles. The molecular weight excluding hydrogens is 500 g/mol. The Kier molecular flexibility index (Phi) is 7.72. The van der Waals surface area contributed by atoms with Gasteiger partial charge in [-0.05, 0) is 66.6 Å². The maximum atomic E-state index is 13.1. The molecule has 0 aromatic heterocycles. The standard InChI is InChI=1S/C30H24N2O7/c1-17(33)26-14-18(6-12-24(26)29(35)36)19-7-13-25(30(37)38)27(15-19)28(34)32-20-8-10-22(11-9-20)39-23-5-3-4-21(16-23)31-2/h3-16,31H,1-2H3,(H3,32,34,35,36,37,38)/p-1. The quantitative estimate of drug-likeness (QED) is 0.207. The lowest BCUT2D eigenvalue weighted by atomic mass is 9.94. The van der Waals surface area contributed by atoms with Gasteiger partial charge in [0, 0.05) is 29.9 Å². The van der Waals surface area contributed by atoms with Gasteiger partial charge in [0.2, 0.25) is 0 Å². The minimum atomic E-state index is -1.31. The molecule has 9 nitrogen and oxygen atoms in total. The Morgan fingerprint density at radius 1 is 0.692 bits per heavy atom. The number of benzene rings is 4. The number of nitrogens with zero attached hydrogens (tertiary/aromatic N) is 1. The fourth-order valence-corrected chi connectivity index (χ4v) is 3.91. The molecule has 0 aliphatic carbocycles. The van der Waals surface area contributed by atoms with Gasteiger partial charge in [-0.1, -0.05) is 30.3 Å². The molecule has 0 aliphatic rings. The molecule has 0 saturated carbocycles.